The van der Waals surface area contributed by atoms with Gasteiger partial charge in [-0.25, -0.2) is 0 Å². The Bertz CT molecular complexity index is 865. The Hall–Kier alpha value is -2.82. The minimum absolute atomic E-state index is 0.0520. The quantitative estimate of drug-likeness (QED) is 0.726. The van der Waals surface area contributed by atoms with Crippen LogP contribution in [0, 0.1) is 0 Å². The Balaban J connectivity index is 1.67. The van der Waals surface area contributed by atoms with Gasteiger partial charge in [0, 0.05) is 36.9 Å². The van der Waals surface area contributed by atoms with Crippen LogP contribution in [0.25, 0.3) is 11.0 Å². The van der Waals surface area contributed by atoms with Gasteiger partial charge in [-0.05, 0) is 49.1 Å². The molecule has 5 nitrogen and oxygen atoms in total. The molecule has 1 aliphatic heterocycles. The number of carbonyl (C=O) groups is 1. The lowest BCUT2D eigenvalue weighted by molar-refractivity contribution is 0.0611. The number of hydrogen-bond acceptors (Lipinski definition) is 4. The highest BCUT2D eigenvalue weighted by Crippen LogP contribution is 2.31. The summed E-state index contributed by atoms with van der Waals surface area (Å²) in [7, 11) is 0. The number of rotatable bonds is 2. The van der Waals surface area contributed by atoms with Crippen molar-refractivity contribution in [2.75, 3.05) is 6.54 Å². The first kappa shape index (κ1) is 14.8. The molecule has 3 heterocycles. The zero-order valence-electron chi connectivity index (χ0n) is 13.3. The Morgan fingerprint density at radius 2 is 1.92 bits per heavy atom. The van der Waals surface area contributed by atoms with Crippen LogP contribution in [0.1, 0.15) is 41.2 Å². The maximum absolute atomic E-state index is 13.1. The molecule has 4 rings (SSSR count). The Kier molecular flexibility index (Phi) is 3.91. The number of amides is 1. The highest BCUT2D eigenvalue weighted by Gasteiger charge is 2.28. The zero-order chi connectivity index (χ0) is 16.4. The van der Waals surface area contributed by atoms with Crippen LogP contribution in [-0.2, 0) is 0 Å². The number of nitrogens with zero attached hydrogens (tertiary/aromatic N) is 4. The summed E-state index contributed by atoms with van der Waals surface area (Å²) in [5.41, 5.74) is 3.32. The molecular formula is C19H18N4O. The second-order valence-corrected chi connectivity index (χ2v) is 6.06. The number of aromatic nitrogens is 3. The fourth-order valence-corrected chi connectivity index (χ4v) is 3.36. The first-order valence-electron chi connectivity index (χ1n) is 8.24. The van der Waals surface area contributed by atoms with E-state index in [9.17, 15) is 4.79 Å². The molecule has 0 saturated carbocycles. The zero-order valence-corrected chi connectivity index (χ0v) is 13.3. The number of hydrogen-bond donors (Lipinski definition) is 0. The van der Waals surface area contributed by atoms with Gasteiger partial charge in [-0.2, -0.15) is 0 Å². The van der Waals surface area contributed by atoms with E-state index in [1.54, 1.807) is 18.6 Å². The van der Waals surface area contributed by atoms with Gasteiger partial charge in [-0.15, -0.1) is 0 Å². The van der Waals surface area contributed by atoms with Crippen LogP contribution < -0.4 is 0 Å². The van der Waals surface area contributed by atoms with Gasteiger partial charge in [-0.1, -0.05) is 6.07 Å². The molecule has 5 heteroatoms. The molecule has 0 bridgehead atoms. The van der Waals surface area contributed by atoms with Crippen LogP contribution in [-0.4, -0.2) is 32.3 Å². The molecule has 1 fully saturated rings. The molecular weight excluding hydrogens is 300 g/mol. The summed E-state index contributed by atoms with van der Waals surface area (Å²) in [4.78, 5) is 27.8. The summed E-state index contributed by atoms with van der Waals surface area (Å²) in [5.74, 6) is 0.0520. The Morgan fingerprint density at radius 1 is 1.04 bits per heavy atom. The third kappa shape index (κ3) is 2.73. The molecule has 3 aromatic rings. The average molecular weight is 318 g/mol. The van der Waals surface area contributed by atoms with Gasteiger partial charge in [0.15, 0.2) is 0 Å². The lowest BCUT2D eigenvalue weighted by Gasteiger charge is -2.36. The highest BCUT2D eigenvalue weighted by molar-refractivity contribution is 5.97. The lowest BCUT2D eigenvalue weighted by atomic mass is 9.95. The van der Waals surface area contributed by atoms with E-state index < -0.39 is 0 Å². The first-order chi connectivity index (χ1) is 11.8. The van der Waals surface area contributed by atoms with Crippen molar-refractivity contribution in [2.45, 2.75) is 25.3 Å². The molecule has 0 spiro atoms. The largest absolute Gasteiger partial charge is 0.332 e. The van der Waals surface area contributed by atoms with E-state index in [0.29, 0.717) is 5.56 Å². The minimum Gasteiger partial charge on any atom is -0.332 e. The highest BCUT2D eigenvalue weighted by atomic mass is 16.2. The fourth-order valence-electron chi connectivity index (χ4n) is 3.36. The summed E-state index contributed by atoms with van der Waals surface area (Å²) >= 11 is 0. The van der Waals surface area contributed by atoms with E-state index >= 15 is 0 Å². The summed E-state index contributed by atoms with van der Waals surface area (Å²) in [6, 6.07) is 9.61. The van der Waals surface area contributed by atoms with Gasteiger partial charge >= 0.3 is 0 Å². The van der Waals surface area contributed by atoms with Crippen molar-refractivity contribution in [3.63, 3.8) is 0 Å². The third-order valence-electron chi connectivity index (χ3n) is 4.55. The van der Waals surface area contributed by atoms with Crippen LogP contribution in [0.15, 0.2) is 55.1 Å². The van der Waals surface area contributed by atoms with Crippen molar-refractivity contribution in [3.8, 4) is 0 Å². The standard InChI is InChI=1S/C19H18N4O/c24-19(14-6-7-16-17(12-14)22-10-9-21-16)23-11-2-1-5-18(23)15-4-3-8-20-13-15/h3-4,6-10,12-13,18H,1-2,5,11H2/t18-/m1/s1. The molecule has 0 aliphatic carbocycles. The van der Waals surface area contributed by atoms with Crippen molar-refractivity contribution < 1.29 is 4.79 Å². The van der Waals surface area contributed by atoms with Crippen LogP contribution in [0.5, 0.6) is 0 Å². The number of benzene rings is 1. The number of piperidine rings is 1. The molecule has 0 N–H and O–H groups in total. The van der Waals surface area contributed by atoms with Crippen LogP contribution in [0.3, 0.4) is 0 Å². The van der Waals surface area contributed by atoms with Crippen LogP contribution in [0.2, 0.25) is 0 Å². The predicted octanol–water partition coefficient (Wildman–Crippen LogP) is 3.39. The monoisotopic (exact) mass is 318 g/mol. The van der Waals surface area contributed by atoms with Gasteiger partial charge in [-0.3, -0.25) is 19.7 Å². The van der Waals surface area contributed by atoms with Crippen molar-refractivity contribution >= 4 is 16.9 Å². The molecule has 120 valence electrons. The van der Waals surface area contributed by atoms with E-state index in [1.807, 2.05) is 35.4 Å². The molecule has 0 radical (unpaired) electrons. The van der Waals surface area contributed by atoms with Crippen molar-refractivity contribution in [2.24, 2.45) is 0 Å². The molecule has 1 saturated heterocycles. The van der Waals surface area contributed by atoms with E-state index in [1.165, 1.54) is 0 Å². The topological polar surface area (TPSA) is 59.0 Å². The second-order valence-electron chi connectivity index (χ2n) is 6.06. The third-order valence-corrected chi connectivity index (χ3v) is 4.55. The van der Waals surface area contributed by atoms with Gasteiger partial charge < -0.3 is 4.90 Å². The van der Waals surface area contributed by atoms with Crippen molar-refractivity contribution in [1.29, 1.82) is 0 Å². The molecule has 1 aromatic carbocycles. The molecule has 2 aromatic heterocycles. The smallest absolute Gasteiger partial charge is 0.254 e. The maximum Gasteiger partial charge on any atom is 0.254 e. The van der Waals surface area contributed by atoms with Crippen molar-refractivity contribution in [1.82, 2.24) is 19.9 Å². The number of fused-ring (bicyclic) bond motifs is 1. The van der Waals surface area contributed by atoms with E-state index in [4.69, 9.17) is 0 Å². The van der Waals surface area contributed by atoms with Gasteiger partial charge in [0.05, 0.1) is 17.1 Å². The molecule has 24 heavy (non-hydrogen) atoms. The van der Waals surface area contributed by atoms with Gasteiger partial charge in [0.2, 0.25) is 0 Å². The SMILES string of the molecule is O=C(c1ccc2nccnc2c1)N1CCCC[C@@H]1c1cccnc1. The minimum atomic E-state index is 0.0520. The van der Waals surface area contributed by atoms with E-state index in [-0.39, 0.29) is 11.9 Å². The predicted molar refractivity (Wildman–Crippen MR) is 91.4 cm³/mol. The molecule has 1 atom stereocenters. The van der Waals surface area contributed by atoms with E-state index in [2.05, 4.69) is 21.0 Å². The van der Waals surface area contributed by atoms with Gasteiger partial charge in [0.1, 0.15) is 0 Å². The number of pyridine rings is 1. The Morgan fingerprint density at radius 3 is 2.75 bits per heavy atom. The normalized spacial score (nSPS) is 17.8. The summed E-state index contributed by atoms with van der Waals surface area (Å²) in [5, 5.41) is 0. The maximum atomic E-state index is 13.1. The lowest BCUT2D eigenvalue weighted by Crippen LogP contribution is -2.38. The van der Waals surface area contributed by atoms with Gasteiger partial charge in [0.25, 0.3) is 5.91 Å². The van der Waals surface area contributed by atoms with Crippen molar-refractivity contribution in [3.05, 3.63) is 66.2 Å². The summed E-state index contributed by atoms with van der Waals surface area (Å²) in [6.45, 7) is 0.775. The van der Waals surface area contributed by atoms with E-state index in [0.717, 1.165) is 42.4 Å². The van der Waals surface area contributed by atoms with Crippen LogP contribution in [0.4, 0.5) is 0 Å². The first-order valence-corrected chi connectivity index (χ1v) is 8.24. The number of carbonyl (C=O) groups excluding carboxylic acids is 1. The molecule has 1 aliphatic rings. The summed E-state index contributed by atoms with van der Waals surface area (Å²) in [6.07, 6.45) is 10.1. The Labute approximate surface area is 140 Å². The molecule has 0 unspecified atom stereocenters. The fraction of sp³-hybridized carbons (Fsp3) is 0.263. The second kappa shape index (κ2) is 6.35. The molecule has 1 amide bonds. The summed E-state index contributed by atoms with van der Waals surface area (Å²) < 4.78 is 0. The van der Waals surface area contributed by atoms with Crippen LogP contribution >= 0.6 is 0 Å². The number of likely N-dealkylation sites (tertiary alicyclic amines) is 1. The average Bonchev–Trinajstić information content (AvgIpc) is 2.68.